The van der Waals surface area contributed by atoms with E-state index in [-0.39, 0.29) is 23.2 Å². The number of phenols is 2. The quantitative estimate of drug-likeness (QED) is 0.736. The number of phenolic OH excluding ortho intramolecular Hbond substituents is 2. The summed E-state index contributed by atoms with van der Waals surface area (Å²) in [7, 11) is 0. The number of benzene rings is 2. The standard InChI is InChI=1S/C14H8BrFN2O3/c15-10-5-7(1-4-11(10)16)13-17-14(21-18-13)9-3-2-8(19)6-12(9)20/h1-6,19-20H. The van der Waals surface area contributed by atoms with E-state index in [0.717, 1.165) is 0 Å². The molecule has 0 saturated carbocycles. The van der Waals surface area contributed by atoms with Crippen LogP contribution in [0, 0.1) is 5.82 Å². The number of aromatic hydroxyl groups is 2. The smallest absolute Gasteiger partial charge is 0.262 e. The molecule has 0 bridgehead atoms. The van der Waals surface area contributed by atoms with Crippen molar-refractivity contribution in [2.75, 3.05) is 0 Å². The first kappa shape index (κ1) is 13.6. The third-order valence-electron chi connectivity index (χ3n) is 2.82. The minimum absolute atomic E-state index is 0.0709. The average Bonchev–Trinajstić information content (AvgIpc) is 2.91. The summed E-state index contributed by atoms with van der Waals surface area (Å²) in [5.41, 5.74) is 0.865. The van der Waals surface area contributed by atoms with Gasteiger partial charge in [-0.15, -0.1) is 0 Å². The minimum Gasteiger partial charge on any atom is -0.508 e. The summed E-state index contributed by atoms with van der Waals surface area (Å²) < 4.78 is 18.6. The molecule has 0 spiro atoms. The lowest BCUT2D eigenvalue weighted by Gasteiger charge is -1.99. The molecule has 5 nitrogen and oxygen atoms in total. The second kappa shape index (κ2) is 5.17. The Balaban J connectivity index is 2.01. The predicted octanol–water partition coefficient (Wildman–Crippen LogP) is 3.72. The molecular weight excluding hydrogens is 343 g/mol. The summed E-state index contributed by atoms with van der Waals surface area (Å²) in [6.07, 6.45) is 0. The third kappa shape index (κ3) is 2.59. The molecule has 7 heteroatoms. The molecule has 106 valence electrons. The van der Waals surface area contributed by atoms with E-state index < -0.39 is 5.82 Å². The van der Waals surface area contributed by atoms with Gasteiger partial charge in [-0.2, -0.15) is 4.98 Å². The Hall–Kier alpha value is -2.41. The second-order valence-electron chi connectivity index (χ2n) is 4.25. The fourth-order valence-electron chi connectivity index (χ4n) is 1.79. The SMILES string of the molecule is Oc1ccc(-c2nc(-c3ccc(F)c(Br)c3)no2)c(O)c1. The molecule has 0 aliphatic heterocycles. The number of rotatable bonds is 2. The van der Waals surface area contributed by atoms with Crippen molar-refractivity contribution in [2.24, 2.45) is 0 Å². The lowest BCUT2D eigenvalue weighted by Crippen LogP contribution is -1.84. The molecule has 21 heavy (non-hydrogen) atoms. The highest BCUT2D eigenvalue weighted by molar-refractivity contribution is 9.10. The molecule has 0 atom stereocenters. The van der Waals surface area contributed by atoms with Crippen LogP contribution in [0.2, 0.25) is 0 Å². The number of halogens is 2. The molecule has 2 aromatic carbocycles. The van der Waals surface area contributed by atoms with Crippen LogP contribution in [0.5, 0.6) is 11.5 Å². The molecule has 0 amide bonds. The van der Waals surface area contributed by atoms with E-state index in [0.29, 0.717) is 15.6 Å². The van der Waals surface area contributed by atoms with Crippen molar-refractivity contribution in [1.29, 1.82) is 0 Å². The van der Waals surface area contributed by atoms with E-state index in [4.69, 9.17) is 4.52 Å². The van der Waals surface area contributed by atoms with Gasteiger partial charge in [0.15, 0.2) is 0 Å². The molecule has 0 aliphatic carbocycles. The zero-order valence-corrected chi connectivity index (χ0v) is 12.0. The minimum atomic E-state index is -0.390. The molecular formula is C14H8BrFN2O3. The Morgan fingerprint density at radius 2 is 1.90 bits per heavy atom. The van der Waals surface area contributed by atoms with Gasteiger partial charge in [-0.05, 0) is 46.3 Å². The fourth-order valence-corrected chi connectivity index (χ4v) is 2.17. The van der Waals surface area contributed by atoms with Gasteiger partial charge in [0, 0.05) is 11.6 Å². The van der Waals surface area contributed by atoms with Crippen LogP contribution >= 0.6 is 15.9 Å². The summed E-state index contributed by atoms with van der Waals surface area (Å²) in [5.74, 6) is -0.274. The molecule has 0 unspecified atom stereocenters. The van der Waals surface area contributed by atoms with Crippen LogP contribution in [0.25, 0.3) is 22.8 Å². The van der Waals surface area contributed by atoms with Crippen LogP contribution in [0.15, 0.2) is 45.4 Å². The van der Waals surface area contributed by atoms with Crippen LogP contribution in [0.4, 0.5) is 4.39 Å². The van der Waals surface area contributed by atoms with E-state index in [1.165, 1.54) is 36.4 Å². The van der Waals surface area contributed by atoms with Gasteiger partial charge in [0.05, 0.1) is 10.0 Å². The van der Waals surface area contributed by atoms with Crippen molar-refractivity contribution in [3.05, 3.63) is 46.7 Å². The molecule has 0 fully saturated rings. The van der Waals surface area contributed by atoms with Crippen molar-refractivity contribution in [3.8, 4) is 34.3 Å². The molecule has 3 rings (SSSR count). The Morgan fingerprint density at radius 3 is 2.62 bits per heavy atom. The van der Waals surface area contributed by atoms with Crippen LogP contribution in [0.3, 0.4) is 0 Å². The lowest BCUT2D eigenvalue weighted by atomic mass is 10.2. The van der Waals surface area contributed by atoms with Gasteiger partial charge in [-0.25, -0.2) is 4.39 Å². The number of hydrogen-bond acceptors (Lipinski definition) is 5. The largest absolute Gasteiger partial charge is 0.508 e. The first-order valence-corrected chi connectivity index (χ1v) is 6.65. The van der Waals surface area contributed by atoms with Gasteiger partial charge in [0.2, 0.25) is 5.82 Å². The zero-order valence-electron chi connectivity index (χ0n) is 10.4. The van der Waals surface area contributed by atoms with Gasteiger partial charge in [-0.1, -0.05) is 5.16 Å². The molecule has 0 radical (unpaired) electrons. The molecule has 0 saturated heterocycles. The fraction of sp³-hybridized carbons (Fsp3) is 0. The zero-order chi connectivity index (χ0) is 15.0. The number of aromatic nitrogens is 2. The molecule has 3 aromatic rings. The maximum absolute atomic E-state index is 13.2. The Bertz CT molecular complexity index is 820. The Kier molecular flexibility index (Phi) is 3.34. The van der Waals surface area contributed by atoms with Crippen LogP contribution in [-0.4, -0.2) is 20.4 Å². The van der Waals surface area contributed by atoms with Gasteiger partial charge < -0.3 is 14.7 Å². The van der Waals surface area contributed by atoms with E-state index >= 15 is 0 Å². The Labute approximate surface area is 126 Å². The summed E-state index contributed by atoms with van der Waals surface area (Å²) >= 11 is 3.09. The van der Waals surface area contributed by atoms with Gasteiger partial charge in [0.25, 0.3) is 5.89 Å². The van der Waals surface area contributed by atoms with Crippen molar-refractivity contribution in [3.63, 3.8) is 0 Å². The maximum Gasteiger partial charge on any atom is 0.262 e. The second-order valence-corrected chi connectivity index (χ2v) is 5.11. The molecule has 0 aliphatic rings. The van der Waals surface area contributed by atoms with E-state index in [9.17, 15) is 14.6 Å². The Morgan fingerprint density at radius 1 is 1.10 bits per heavy atom. The van der Waals surface area contributed by atoms with Gasteiger partial charge in [0.1, 0.15) is 17.3 Å². The van der Waals surface area contributed by atoms with Crippen LogP contribution in [0.1, 0.15) is 0 Å². The lowest BCUT2D eigenvalue weighted by molar-refractivity contribution is 0.423. The first-order chi connectivity index (χ1) is 10.0. The van der Waals surface area contributed by atoms with Crippen molar-refractivity contribution < 1.29 is 19.1 Å². The van der Waals surface area contributed by atoms with Crippen molar-refractivity contribution in [2.45, 2.75) is 0 Å². The molecule has 1 heterocycles. The van der Waals surface area contributed by atoms with Gasteiger partial charge >= 0.3 is 0 Å². The van der Waals surface area contributed by atoms with E-state index in [1.54, 1.807) is 0 Å². The first-order valence-electron chi connectivity index (χ1n) is 5.86. The summed E-state index contributed by atoms with van der Waals surface area (Å²) in [6, 6.07) is 8.36. The van der Waals surface area contributed by atoms with Crippen molar-refractivity contribution in [1.82, 2.24) is 10.1 Å². The van der Waals surface area contributed by atoms with Gasteiger partial charge in [-0.3, -0.25) is 0 Å². The predicted molar refractivity (Wildman–Crippen MR) is 76.2 cm³/mol. The maximum atomic E-state index is 13.2. The van der Waals surface area contributed by atoms with Crippen molar-refractivity contribution >= 4 is 15.9 Å². The normalized spacial score (nSPS) is 10.8. The summed E-state index contributed by atoms with van der Waals surface area (Å²) in [6.45, 7) is 0. The highest BCUT2D eigenvalue weighted by Crippen LogP contribution is 2.32. The van der Waals surface area contributed by atoms with Crippen LogP contribution < -0.4 is 0 Å². The molecule has 2 N–H and O–H groups in total. The highest BCUT2D eigenvalue weighted by Gasteiger charge is 2.15. The average molecular weight is 351 g/mol. The third-order valence-corrected chi connectivity index (χ3v) is 3.42. The monoisotopic (exact) mass is 350 g/mol. The summed E-state index contributed by atoms with van der Waals surface area (Å²) in [5, 5.41) is 22.8. The number of hydrogen-bond donors (Lipinski definition) is 2. The summed E-state index contributed by atoms with van der Waals surface area (Å²) in [4.78, 5) is 4.15. The highest BCUT2D eigenvalue weighted by atomic mass is 79.9. The van der Waals surface area contributed by atoms with Crippen LogP contribution in [-0.2, 0) is 0 Å². The molecule has 1 aromatic heterocycles. The van der Waals surface area contributed by atoms with E-state index in [2.05, 4.69) is 26.1 Å². The number of nitrogens with zero attached hydrogens (tertiary/aromatic N) is 2. The topological polar surface area (TPSA) is 79.4 Å². The van der Waals surface area contributed by atoms with E-state index in [1.807, 2.05) is 0 Å².